The van der Waals surface area contributed by atoms with E-state index in [9.17, 15) is 0 Å². The van der Waals surface area contributed by atoms with Gasteiger partial charge in [-0.05, 0) is 97.7 Å². The van der Waals surface area contributed by atoms with Crippen molar-refractivity contribution in [2.45, 2.75) is 111 Å². The molecule has 0 aliphatic heterocycles. The second-order valence-electron chi connectivity index (χ2n) is 12.7. The largest absolute Gasteiger partial charge is 0.377 e. The molecule has 4 aliphatic carbocycles. The summed E-state index contributed by atoms with van der Waals surface area (Å²) in [5.41, 5.74) is 2.83. The van der Waals surface area contributed by atoms with Gasteiger partial charge in [-0.15, -0.1) is 0 Å². The highest BCUT2D eigenvalue weighted by molar-refractivity contribution is 9.09. The van der Waals surface area contributed by atoms with Crippen LogP contribution < -0.4 is 0 Å². The lowest BCUT2D eigenvalue weighted by atomic mass is 9.47. The molecule has 3 saturated carbocycles. The van der Waals surface area contributed by atoms with Crippen LogP contribution >= 0.6 is 15.9 Å². The lowest BCUT2D eigenvalue weighted by molar-refractivity contribution is -0.0628. The minimum Gasteiger partial charge on any atom is -0.377 e. The Balaban J connectivity index is 1.45. The van der Waals surface area contributed by atoms with E-state index in [0.29, 0.717) is 16.9 Å². The lowest BCUT2D eigenvalue weighted by Crippen LogP contribution is -2.51. The predicted molar refractivity (Wildman–Crippen MR) is 137 cm³/mol. The van der Waals surface area contributed by atoms with E-state index in [4.69, 9.17) is 4.74 Å². The smallest absolute Gasteiger partial charge is 0.0613 e. The van der Waals surface area contributed by atoms with Crippen LogP contribution in [0.2, 0.25) is 0 Å². The number of hydrogen-bond donors (Lipinski definition) is 0. The summed E-state index contributed by atoms with van der Waals surface area (Å²) in [5.74, 6) is 5.59. The number of ether oxygens (including phenoxy) is 1. The van der Waals surface area contributed by atoms with Gasteiger partial charge in [-0.1, -0.05) is 81.5 Å². The molecule has 0 amide bonds. The van der Waals surface area contributed by atoms with Crippen molar-refractivity contribution in [2.24, 2.45) is 46.3 Å². The van der Waals surface area contributed by atoms with Crippen molar-refractivity contribution in [1.29, 1.82) is 0 Å². The maximum Gasteiger partial charge on any atom is 0.0613 e. The highest BCUT2D eigenvalue weighted by Gasteiger charge is 2.59. The highest BCUT2D eigenvalue weighted by atomic mass is 79.9. The lowest BCUT2D eigenvalue weighted by Gasteiger charge is -2.58. The molecule has 8 atom stereocenters. The molecule has 178 valence electrons. The zero-order valence-corrected chi connectivity index (χ0v) is 22.7. The maximum atomic E-state index is 6.15. The molecule has 31 heavy (non-hydrogen) atoms. The molecule has 0 radical (unpaired) electrons. The minimum absolute atomic E-state index is 0.458. The van der Waals surface area contributed by atoms with Crippen LogP contribution in [0.25, 0.3) is 0 Å². The molecule has 0 aromatic heterocycles. The van der Waals surface area contributed by atoms with Gasteiger partial charge in [0.2, 0.25) is 0 Å². The molecule has 4 aliphatic rings. The van der Waals surface area contributed by atoms with Gasteiger partial charge in [0.15, 0.2) is 0 Å². The fourth-order valence-corrected chi connectivity index (χ4v) is 9.19. The summed E-state index contributed by atoms with van der Waals surface area (Å²) in [6.45, 7) is 13.6. The third kappa shape index (κ3) is 4.60. The summed E-state index contributed by atoms with van der Waals surface area (Å²) in [4.78, 5) is 0. The molecule has 2 heteroatoms. The van der Waals surface area contributed by atoms with Crippen molar-refractivity contribution in [1.82, 2.24) is 0 Å². The van der Waals surface area contributed by atoms with E-state index < -0.39 is 0 Å². The normalized spacial score (nSPS) is 43.2. The van der Waals surface area contributed by atoms with Gasteiger partial charge in [-0.3, -0.25) is 0 Å². The molecule has 0 N–H and O–H groups in total. The van der Waals surface area contributed by atoms with Crippen LogP contribution in [0.1, 0.15) is 105 Å². The Hall–Kier alpha value is 0.180. The van der Waals surface area contributed by atoms with Gasteiger partial charge in [0.1, 0.15) is 0 Å². The molecule has 0 spiro atoms. The van der Waals surface area contributed by atoms with Crippen molar-refractivity contribution >= 4 is 15.9 Å². The third-order valence-corrected chi connectivity index (χ3v) is 11.0. The van der Waals surface area contributed by atoms with Gasteiger partial charge < -0.3 is 4.74 Å². The first-order valence-electron chi connectivity index (χ1n) is 13.7. The number of hydrogen-bond acceptors (Lipinski definition) is 1. The minimum atomic E-state index is 0.458. The number of alkyl halides is 1. The average molecular weight is 494 g/mol. The second kappa shape index (κ2) is 9.81. The van der Waals surface area contributed by atoms with E-state index in [0.717, 1.165) is 47.4 Å². The number of allylic oxidation sites excluding steroid dienone is 1. The maximum absolute atomic E-state index is 6.15. The Labute approximate surface area is 201 Å². The molecule has 0 heterocycles. The van der Waals surface area contributed by atoms with Crippen LogP contribution in [-0.2, 0) is 4.74 Å². The summed E-state index contributed by atoms with van der Waals surface area (Å²) < 4.78 is 6.15. The van der Waals surface area contributed by atoms with Gasteiger partial charge in [0, 0.05) is 5.33 Å². The van der Waals surface area contributed by atoms with Crippen LogP contribution in [0, 0.1) is 46.3 Å². The average Bonchev–Trinajstić information content (AvgIpc) is 3.09. The first-order chi connectivity index (χ1) is 14.8. The van der Waals surface area contributed by atoms with E-state index in [2.05, 4.69) is 56.6 Å². The van der Waals surface area contributed by atoms with Crippen molar-refractivity contribution < 1.29 is 4.74 Å². The van der Waals surface area contributed by atoms with Gasteiger partial charge in [-0.2, -0.15) is 0 Å². The van der Waals surface area contributed by atoms with Gasteiger partial charge in [0.05, 0.1) is 12.7 Å². The van der Waals surface area contributed by atoms with E-state index in [1.165, 1.54) is 70.6 Å². The molecule has 3 fully saturated rings. The van der Waals surface area contributed by atoms with E-state index in [-0.39, 0.29) is 0 Å². The van der Waals surface area contributed by atoms with Crippen LogP contribution in [0.4, 0.5) is 0 Å². The van der Waals surface area contributed by atoms with Crippen molar-refractivity contribution in [3.63, 3.8) is 0 Å². The van der Waals surface area contributed by atoms with Gasteiger partial charge in [0.25, 0.3) is 0 Å². The Bertz CT molecular complexity index is 641. The molecule has 0 saturated heterocycles. The first-order valence-corrected chi connectivity index (χ1v) is 14.8. The second-order valence-corrected chi connectivity index (χ2v) is 13.5. The molecule has 0 bridgehead atoms. The molecule has 0 aromatic carbocycles. The molecule has 1 nitrogen and oxygen atoms in total. The number of rotatable bonds is 8. The van der Waals surface area contributed by atoms with E-state index >= 15 is 0 Å². The number of fused-ring (bicyclic) bond motifs is 5. The quantitative estimate of drug-likeness (QED) is 0.242. The SMILES string of the molecule is CC(C)CCC[C@@H](C)[C@H]1CC[C@H]2[C@@H]3CC=C4CC(OCCBr)CC[C@]4(C)[C@H]3CC[C@]12C. The van der Waals surface area contributed by atoms with Crippen LogP contribution in [0.3, 0.4) is 0 Å². The molecular weight excluding hydrogens is 444 g/mol. The van der Waals surface area contributed by atoms with Crippen LogP contribution in [0.15, 0.2) is 11.6 Å². The predicted octanol–water partition coefficient (Wildman–Crippen LogP) is 8.81. The van der Waals surface area contributed by atoms with Gasteiger partial charge in [-0.25, -0.2) is 0 Å². The van der Waals surface area contributed by atoms with Crippen molar-refractivity contribution in [2.75, 3.05) is 11.9 Å². The monoisotopic (exact) mass is 492 g/mol. The summed E-state index contributed by atoms with van der Waals surface area (Å²) >= 11 is 3.53. The van der Waals surface area contributed by atoms with Crippen LogP contribution in [0.5, 0.6) is 0 Å². The fourth-order valence-electron chi connectivity index (χ4n) is 9.01. The van der Waals surface area contributed by atoms with E-state index in [1.807, 2.05) is 0 Å². The first kappa shape index (κ1) is 24.3. The van der Waals surface area contributed by atoms with Crippen LogP contribution in [-0.4, -0.2) is 18.0 Å². The standard InChI is InChI=1S/C29H49BrO/c1-20(2)7-6-8-21(3)25-11-12-26-24-10-9-22-19-23(31-18-17-30)13-15-28(22,4)27(24)14-16-29(25,26)5/h9,20-21,23-27H,6-8,10-19H2,1-5H3/t21-,23?,24+,25-,26+,27+,28+,29-/m1/s1. The molecule has 1 unspecified atom stereocenters. The summed E-state index contributed by atoms with van der Waals surface area (Å²) in [7, 11) is 0. The zero-order valence-electron chi connectivity index (χ0n) is 21.1. The topological polar surface area (TPSA) is 9.23 Å². The third-order valence-electron chi connectivity index (χ3n) is 10.7. The van der Waals surface area contributed by atoms with Gasteiger partial charge >= 0.3 is 0 Å². The zero-order chi connectivity index (χ0) is 22.2. The summed E-state index contributed by atoms with van der Waals surface area (Å²) in [5, 5.41) is 0.960. The summed E-state index contributed by atoms with van der Waals surface area (Å²) in [6.07, 6.45) is 18.6. The highest BCUT2D eigenvalue weighted by Crippen LogP contribution is 2.67. The Morgan fingerprint density at radius 3 is 2.58 bits per heavy atom. The molecule has 4 rings (SSSR count). The van der Waals surface area contributed by atoms with Crippen molar-refractivity contribution in [3.8, 4) is 0 Å². The Kier molecular flexibility index (Phi) is 7.69. The Morgan fingerprint density at radius 1 is 1.03 bits per heavy atom. The molecule has 0 aromatic rings. The molecular formula is C29H49BrO. The van der Waals surface area contributed by atoms with Crippen molar-refractivity contribution in [3.05, 3.63) is 11.6 Å². The fraction of sp³-hybridized carbons (Fsp3) is 0.931. The Morgan fingerprint density at radius 2 is 1.84 bits per heavy atom. The number of halogens is 1. The summed E-state index contributed by atoms with van der Waals surface area (Å²) in [6, 6.07) is 0. The van der Waals surface area contributed by atoms with E-state index in [1.54, 1.807) is 5.57 Å².